The molecule has 3 aromatic rings. The smallest absolute Gasteiger partial charge is 0.257 e. The topological polar surface area (TPSA) is 65.4 Å². The van der Waals surface area contributed by atoms with E-state index in [9.17, 15) is 4.79 Å². The van der Waals surface area contributed by atoms with Crippen molar-refractivity contribution in [3.8, 4) is 11.5 Å². The Morgan fingerprint density at radius 1 is 1.19 bits per heavy atom. The SMILES string of the molecule is O=C(Nc1nn(Cc2ccc(Cl)cc2)cc1Br)c1ccc2c(c1)OCO2. The lowest BCUT2D eigenvalue weighted by atomic mass is 10.2. The van der Waals surface area contributed by atoms with Gasteiger partial charge in [0.05, 0.1) is 11.0 Å². The lowest BCUT2D eigenvalue weighted by Gasteiger charge is -2.04. The van der Waals surface area contributed by atoms with Crippen LogP contribution in [0.2, 0.25) is 5.02 Å². The molecule has 0 unspecified atom stereocenters. The van der Waals surface area contributed by atoms with Gasteiger partial charge in [-0.2, -0.15) is 5.10 Å². The molecule has 1 aliphatic heterocycles. The van der Waals surface area contributed by atoms with Crippen LogP contribution in [-0.2, 0) is 6.54 Å². The van der Waals surface area contributed by atoms with Crippen molar-refractivity contribution in [1.29, 1.82) is 0 Å². The van der Waals surface area contributed by atoms with Gasteiger partial charge in [-0.15, -0.1) is 0 Å². The molecule has 0 saturated carbocycles. The lowest BCUT2D eigenvalue weighted by molar-refractivity contribution is 0.102. The third kappa shape index (κ3) is 3.54. The first-order chi connectivity index (χ1) is 12.6. The number of ether oxygens (including phenoxy) is 2. The molecule has 8 heteroatoms. The van der Waals surface area contributed by atoms with Crippen molar-refractivity contribution >= 4 is 39.3 Å². The van der Waals surface area contributed by atoms with Crippen LogP contribution in [0, 0.1) is 0 Å². The number of nitrogens with one attached hydrogen (secondary N) is 1. The van der Waals surface area contributed by atoms with E-state index in [1.807, 2.05) is 30.5 Å². The minimum Gasteiger partial charge on any atom is -0.454 e. The van der Waals surface area contributed by atoms with E-state index in [-0.39, 0.29) is 12.7 Å². The number of carbonyl (C=O) groups excluding carboxylic acids is 1. The zero-order valence-corrected chi connectivity index (χ0v) is 15.8. The van der Waals surface area contributed by atoms with Gasteiger partial charge in [0.2, 0.25) is 6.79 Å². The molecule has 0 saturated heterocycles. The van der Waals surface area contributed by atoms with Crippen molar-refractivity contribution < 1.29 is 14.3 Å². The van der Waals surface area contributed by atoms with Crippen molar-refractivity contribution in [3.05, 3.63) is 69.3 Å². The predicted octanol–water partition coefficient (Wildman–Crippen LogP) is 4.33. The molecule has 1 aromatic heterocycles. The summed E-state index contributed by atoms with van der Waals surface area (Å²) in [6.07, 6.45) is 1.81. The number of amides is 1. The zero-order chi connectivity index (χ0) is 18.1. The zero-order valence-electron chi connectivity index (χ0n) is 13.4. The number of benzene rings is 2. The maximum absolute atomic E-state index is 12.5. The van der Waals surface area contributed by atoms with Crippen molar-refractivity contribution in [2.24, 2.45) is 0 Å². The molecule has 1 N–H and O–H groups in total. The maximum Gasteiger partial charge on any atom is 0.257 e. The van der Waals surface area contributed by atoms with Crippen LogP contribution < -0.4 is 14.8 Å². The normalized spacial score (nSPS) is 12.2. The molecule has 6 nitrogen and oxygen atoms in total. The van der Waals surface area contributed by atoms with Crippen molar-refractivity contribution in [2.75, 3.05) is 12.1 Å². The first kappa shape index (κ1) is 16.9. The fourth-order valence-corrected chi connectivity index (χ4v) is 3.10. The summed E-state index contributed by atoms with van der Waals surface area (Å²) in [6, 6.07) is 12.6. The molecular weight excluding hydrogens is 422 g/mol. The highest BCUT2D eigenvalue weighted by molar-refractivity contribution is 9.10. The molecule has 0 spiro atoms. The number of carbonyl (C=O) groups is 1. The van der Waals surface area contributed by atoms with E-state index in [0.29, 0.717) is 38.9 Å². The van der Waals surface area contributed by atoms with Gasteiger partial charge in [0.1, 0.15) is 0 Å². The van der Waals surface area contributed by atoms with Gasteiger partial charge >= 0.3 is 0 Å². The van der Waals surface area contributed by atoms with Crippen LogP contribution in [0.25, 0.3) is 0 Å². The first-order valence-corrected chi connectivity index (χ1v) is 8.94. The second kappa shape index (κ2) is 7.01. The van der Waals surface area contributed by atoms with Gasteiger partial charge in [0.25, 0.3) is 5.91 Å². The lowest BCUT2D eigenvalue weighted by Crippen LogP contribution is -2.13. The Hall–Kier alpha value is -2.51. The first-order valence-electron chi connectivity index (χ1n) is 7.77. The molecule has 0 fully saturated rings. The van der Waals surface area contributed by atoms with E-state index in [1.165, 1.54) is 0 Å². The van der Waals surface area contributed by atoms with E-state index in [1.54, 1.807) is 22.9 Å². The van der Waals surface area contributed by atoms with Crippen LogP contribution in [0.5, 0.6) is 11.5 Å². The third-order valence-electron chi connectivity index (χ3n) is 3.84. The van der Waals surface area contributed by atoms with Crippen LogP contribution in [0.4, 0.5) is 5.82 Å². The van der Waals surface area contributed by atoms with E-state index < -0.39 is 0 Å². The molecule has 0 bridgehead atoms. The van der Waals surface area contributed by atoms with E-state index in [4.69, 9.17) is 21.1 Å². The molecule has 2 aromatic carbocycles. The summed E-state index contributed by atoms with van der Waals surface area (Å²) in [5.41, 5.74) is 1.52. The predicted molar refractivity (Wildman–Crippen MR) is 101 cm³/mol. The summed E-state index contributed by atoms with van der Waals surface area (Å²) in [7, 11) is 0. The monoisotopic (exact) mass is 433 g/mol. The molecule has 0 atom stereocenters. The Balaban J connectivity index is 1.48. The summed E-state index contributed by atoms with van der Waals surface area (Å²) in [4.78, 5) is 12.5. The van der Waals surface area contributed by atoms with Gasteiger partial charge in [-0.05, 0) is 51.8 Å². The van der Waals surface area contributed by atoms with E-state index in [2.05, 4.69) is 26.3 Å². The number of nitrogens with zero attached hydrogens (tertiary/aromatic N) is 2. The molecule has 26 heavy (non-hydrogen) atoms. The molecule has 1 amide bonds. The fraction of sp³-hybridized carbons (Fsp3) is 0.111. The summed E-state index contributed by atoms with van der Waals surface area (Å²) in [5.74, 6) is 1.36. The van der Waals surface area contributed by atoms with Gasteiger partial charge in [-0.3, -0.25) is 9.48 Å². The molecule has 2 heterocycles. The highest BCUT2D eigenvalue weighted by Crippen LogP contribution is 2.32. The van der Waals surface area contributed by atoms with Crippen LogP contribution in [0.15, 0.2) is 53.1 Å². The number of anilines is 1. The summed E-state index contributed by atoms with van der Waals surface area (Å²) < 4.78 is 13.0. The van der Waals surface area contributed by atoms with Crippen LogP contribution in [-0.4, -0.2) is 22.5 Å². The summed E-state index contributed by atoms with van der Waals surface area (Å²) in [6.45, 7) is 0.733. The maximum atomic E-state index is 12.5. The number of hydrogen-bond acceptors (Lipinski definition) is 4. The molecule has 132 valence electrons. The van der Waals surface area contributed by atoms with Gasteiger partial charge < -0.3 is 14.8 Å². The van der Waals surface area contributed by atoms with Crippen molar-refractivity contribution in [1.82, 2.24) is 9.78 Å². The second-order valence-corrected chi connectivity index (χ2v) is 6.96. The Bertz CT molecular complexity index is 972. The average molecular weight is 435 g/mol. The minimum atomic E-state index is -0.277. The Morgan fingerprint density at radius 3 is 2.77 bits per heavy atom. The molecule has 4 rings (SSSR count). The average Bonchev–Trinajstić information content (AvgIpc) is 3.23. The quantitative estimate of drug-likeness (QED) is 0.664. The minimum absolute atomic E-state index is 0.168. The number of halogens is 2. The van der Waals surface area contributed by atoms with Gasteiger partial charge in [0.15, 0.2) is 17.3 Å². The Kier molecular flexibility index (Phi) is 4.57. The molecule has 1 aliphatic rings. The number of aromatic nitrogens is 2. The van der Waals surface area contributed by atoms with Crippen molar-refractivity contribution in [3.63, 3.8) is 0 Å². The Morgan fingerprint density at radius 2 is 1.96 bits per heavy atom. The van der Waals surface area contributed by atoms with Crippen LogP contribution in [0.3, 0.4) is 0 Å². The summed E-state index contributed by atoms with van der Waals surface area (Å²) >= 11 is 9.33. The summed E-state index contributed by atoms with van der Waals surface area (Å²) in [5, 5.41) is 7.90. The van der Waals surface area contributed by atoms with E-state index >= 15 is 0 Å². The molecule has 0 radical (unpaired) electrons. The van der Waals surface area contributed by atoms with Gasteiger partial charge in [-0.1, -0.05) is 23.7 Å². The van der Waals surface area contributed by atoms with Gasteiger partial charge in [0, 0.05) is 16.8 Å². The van der Waals surface area contributed by atoms with Gasteiger partial charge in [-0.25, -0.2) is 0 Å². The van der Waals surface area contributed by atoms with E-state index in [0.717, 1.165) is 5.56 Å². The van der Waals surface area contributed by atoms with Crippen LogP contribution in [0.1, 0.15) is 15.9 Å². The van der Waals surface area contributed by atoms with Crippen molar-refractivity contribution in [2.45, 2.75) is 6.54 Å². The highest BCUT2D eigenvalue weighted by atomic mass is 79.9. The highest BCUT2D eigenvalue weighted by Gasteiger charge is 2.18. The molecular formula is C18H13BrClN3O3. The number of fused-ring (bicyclic) bond motifs is 1. The fourth-order valence-electron chi connectivity index (χ4n) is 2.56. The Labute approximate surface area is 162 Å². The largest absolute Gasteiger partial charge is 0.454 e. The van der Waals surface area contributed by atoms with Crippen LogP contribution >= 0.6 is 27.5 Å². The number of rotatable bonds is 4. The number of hydrogen-bond donors (Lipinski definition) is 1. The molecule has 0 aliphatic carbocycles. The standard InChI is InChI=1S/C18H13BrClN3O3/c19-14-9-23(8-11-1-4-13(20)5-2-11)22-17(14)21-18(24)12-3-6-15-16(7-12)26-10-25-15/h1-7,9H,8,10H2,(H,21,22,24). The third-order valence-corrected chi connectivity index (χ3v) is 4.67. The second-order valence-electron chi connectivity index (χ2n) is 5.67.